The van der Waals surface area contributed by atoms with E-state index in [1.54, 1.807) is 12.1 Å². The van der Waals surface area contributed by atoms with Gasteiger partial charge in [0.25, 0.3) is 11.8 Å². The Kier molecular flexibility index (Phi) is 3.83. The van der Waals surface area contributed by atoms with Crippen LogP contribution in [0.25, 0.3) is 0 Å². The number of anilines is 1. The molecule has 2 aromatic rings. The maximum absolute atomic E-state index is 13.1. The summed E-state index contributed by atoms with van der Waals surface area (Å²) in [5.41, 5.74) is -1.59. The highest BCUT2D eigenvalue weighted by molar-refractivity contribution is 6.16. The molecule has 1 saturated heterocycles. The molecule has 120 valence electrons. The van der Waals surface area contributed by atoms with E-state index >= 15 is 0 Å². The van der Waals surface area contributed by atoms with Gasteiger partial charge in [-0.3, -0.25) is 19.6 Å². The van der Waals surface area contributed by atoms with Crippen LogP contribution in [0.2, 0.25) is 0 Å². The van der Waals surface area contributed by atoms with Crippen molar-refractivity contribution in [1.29, 1.82) is 0 Å². The first-order chi connectivity index (χ1) is 11.0. The number of aromatic amines is 1. The van der Waals surface area contributed by atoms with Gasteiger partial charge in [0.15, 0.2) is 0 Å². The predicted octanol–water partition coefficient (Wildman–Crippen LogP) is 0.333. The van der Waals surface area contributed by atoms with Gasteiger partial charge >= 0.3 is 0 Å². The third-order valence-corrected chi connectivity index (χ3v) is 3.79. The first kappa shape index (κ1) is 15.2. The van der Waals surface area contributed by atoms with Crippen molar-refractivity contribution in [2.24, 2.45) is 0 Å². The SMILES string of the molecule is O=C(NCc1cccc(F)c1)C1(O)CCN(c2ccn[nH]2)C1=O. The molecule has 3 N–H and O–H groups in total. The van der Waals surface area contributed by atoms with E-state index in [-0.39, 0.29) is 19.5 Å². The van der Waals surface area contributed by atoms with E-state index in [1.807, 2.05) is 0 Å². The van der Waals surface area contributed by atoms with Crippen LogP contribution in [0.4, 0.5) is 10.2 Å². The molecule has 23 heavy (non-hydrogen) atoms. The molecule has 2 amide bonds. The van der Waals surface area contributed by atoms with E-state index < -0.39 is 23.2 Å². The Morgan fingerprint density at radius 2 is 2.30 bits per heavy atom. The zero-order valence-corrected chi connectivity index (χ0v) is 12.1. The van der Waals surface area contributed by atoms with Crippen molar-refractivity contribution in [2.45, 2.75) is 18.6 Å². The molecule has 0 saturated carbocycles. The Bertz CT molecular complexity index is 734. The highest BCUT2D eigenvalue weighted by Gasteiger charge is 2.51. The Labute approximate surface area is 131 Å². The maximum Gasteiger partial charge on any atom is 0.270 e. The Balaban J connectivity index is 1.68. The van der Waals surface area contributed by atoms with Crippen molar-refractivity contribution in [3.8, 4) is 0 Å². The van der Waals surface area contributed by atoms with Gasteiger partial charge in [-0.05, 0) is 17.7 Å². The van der Waals surface area contributed by atoms with Crippen LogP contribution in [-0.2, 0) is 16.1 Å². The minimum Gasteiger partial charge on any atom is -0.372 e. The number of aromatic nitrogens is 2. The summed E-state index contributed by atoms with van der Waals surface area (Å²) in [5, 5.41) is 19.3. The number of nitrogens with zero attached hydrogens (tertiary/aromatic N) is 2. The fourth-order valence-corrected chi connectivity index (χ4v) is 2.52. The lowest BCUT2D eigenvalue weighted by Crippen LogP contribution is -2.52. The molecule has 1 fully saturated rings. The number of amides is 2. The number of halogens is 1. The summed E-state index contributed by atoms with van der Waals surface area (Å²) < 4.78 is 13.1. The molecule has 1 aromatic heterocycles. The Hall–Kier alpha value is -2.74. The van der Waals surface area contributed by atoms with Crippen molar-refractivity contribution >= 4 is 17.6 Å². The van der Waals surface area contributed by atoms with Crippen molar-refractivity contribution in [2.75, 3.05) is 11.4 Å². The maximum atomic E-state index is 13.1. The molecule has 1 atom stereocenters. The number of benzene rings is 1. The first-order valence-electron chi connectivity index (χ1n) is 7.07. The standard InChI is InChI=1S/C15H15FN4O3/c16-11-3-1-2-10(8-11)9-17-13(21)15(23)5-7-20(14(15)22)12-4-6-18-19-12/h1-4,6,8,23H,5,7,9H2,(H,17,21)(H,18,19). The Morgan fingerprint density at radius 3 is 3.00 bits per heavy atom. The average Bonchev–Trinajstić information content (AvgIpc) is 3.15. The predicted molar refractivity (Wildman–Crippen MR) is 78.8 cm³/mol. The molecule has 7 nitrogen and oxygen atoms in total. The molecular weight excluding hydrogens is 303 g/mol. The van der Waals surface area contributed by atoms with Crippen LogP contribution in [0.1, 0.15) is 12.0 Å². The first-order valence-corrected chi connectivity index (χ1v) is 7.07. The minimum absolute atomic E-state index is 0.0240. The van der Waals surface area contributed by atoms with Gasteiger partial charge in [0.05, 0.1) is 6.20 Å². The smallest absolute Gasteiger partial charge is 0.270 e. The molecular formula is C15H15FN4O3. The summed E-state index contributed by atoms with van der Waals surface area (Å²) >= 11 is 0. The van der Waals surface area contributed by atoms with Crippen LogP contribution < -0.4 is 10.2 Å². The number of H-pyrrole nitrogens is 1. The molecule has 0 spiro atoms. The van der Waals surface area contributed by atoms with Gasteiger partial charge in [0.1, 0.15) is 11.6 Å². The summed E-state index contributed by atoms with van der Waals surface area (Å²) in [5.74, 6) is -1.51. The number of aliphatic hydroxyl groups is 1. The van der Waals surface area contributed by atoms with Gasteiger partial charge in [0.2, 0.25) is 5.60 Å². The summed E-state index contributed by atoms with van der Waals surface area (Å²) in [4.78, 5) is 25.8. The molecule has 8 heteroatoms. The van der Waals surface area contributed by atoms with Crippen LogP contribution in [0.5, 0.6) is 0 Å². The second-order valence-corrected chi connectivity index (χ2v) is 5.32. The molecule has 0 aliphatic carbocycles. The molecule has 1 unspecified atom stereocenters. The monoisotopic (exact) mass is 318 g/mol. The molecule has 1 aromatic carbocycles. The lowest BCUT2D eigenvalue weighted by atomic mass is 10.0. The quantitative estimate of drug-likeness (QED) is 0.708. The van der Waals surface area contributed by atoms with Crippen molar-refractivity contribution in [1.82, 2.24) is 15.5 Å². The van der Waals surface area contributed by atoms with Crippen LogP contribution in [-0.4, -0.2) is 39.3 Å². The fourth-order valence-electron chi connectivity index (χ4n) is 2.52. The molecule has 1 aliphatic rings. The molecule has 1 aliphatic heterocycles. The number of carbonyl (C=O) groups is 2. The summed E-state index contributed by atoms with van der Waals surface area (Å²) in [7, 11) is 0. The van der Waals surface area contributed by atoms with Crippen LogP contribution in [0.3, 0.4) is 0 Å². The summed E-state index contributed by atoms with van der Waals surface area (Å²) in [6, 6.07) is 7.31. The van der Waals surface area contributed by atoms with E-state index in [2.05, 4.69) is 15.5 Å². The van der Waals surface area contributed by atoms with Gasteiger partial charge in [-0.15, -0.1) is 0 Å². The van der Waals surface area contributed by atoms with Crippen LogP contribution >= 0.6 is 0 Å². The lowest BCUT2D eigenvalue weighted by molar-refractivity contribution is -0.149. The van der Waals surface area contributed by atoms with Gasteiger partial charge in [-0.1, -0.05) is 12.1 Å². The second-order valence-electron chi connectivity index (χ2n) is 5.32. The second kappa shape index (κ2) is 5.81. The number of carbonyl (C=O) groups excluding carboxylic acids is 2. The lowest BCUT2D eigenvalue weighted by Gasteiger charge is -2.20. The van der Waals surface area contributed by atoms with E-state index in [1.165, 1.54) is 29.3 Å². The molecule has 0 radical (unpaired) electrons. The summed E-state index contributed by atoms with van der Waals surface area (Å²) in [6.45, 7) is 0.223. The third-order valence-electron chi connectivity index (χ3n) is 3.79. The van der Waals surface area contributed by atoms with Crippen LogP contribution in [0, 0.1) is 5.82 Å². The molecule has 3 rings (SSSR count). The highest BCUT2D eigenvalue weighted by atomic mass is 19.1. The fraction of sp³-hybridized carbons (Fsp3) is 0.267. The van der Waals surface area contributed by atoms with Crippen molar-refractivity contribution in [3.05, 3.63) is 47.9 Å². The van der Waals surface area contributed by atoms with Gasteiger partial charge in [-0.2, -0.15) is 5.10 Å². The zero-order chi connectivity index (χ0) is 16.4. The largest absolute Gasteiger partial charge is 0.372 e. The third kappa shape index (κ3) is 2.80. The highest BCUT2D eigenvalue weighted by Crippen LogP contribution is 2.27. The summed E-state index contributed by atoms with van der Waals surface area (Å²) in [6.07, 6.45) is 1.45. The van der Waals surface area contributed by atoms with E-state index in [0.717, 1.165) is 0 Å². The zero-order valence-electron chi connectivity index (χ0n) is 12.1. The van der Waals surface area contributed by atoms with Crippen LogP contribution in [0.15, 0.2) is 36.5 Å². The minimum atomic E-state index is -2.13. The van der Waals surface area contributed by atoms with Gasteiger partial charge in [-0.25, -0.2) is 4.39 Å². The Morgan fingerprint density at radius 1 is 1.48 bits per heavy atom. The average molecular weight is 318 g/mol. The number of rotatable bonds is 4. The topological polar surface area (TPSA) is 98.3 Å². The van der Waals surface area contributed by atoms with Crippen molar-refractivity contribution < 1.29 is 19.1 Å². The van der Waals surface area contributed by atoms with E-state index in [9.17, 15) is 19.1 Å². The van der Waals surface area contributed by atoms with Gasteiger partial charge in [0, 0.05) is 25.6 Å². The number of nitrogens with one attached hydrogen (secondary N) is 2. The molecule has 0 bridgehead atoms. The number of hydrogen-bond donors (Lipinski definition) is 3. The normalized spacial score (nSPS) is 20.8. The number of hydrogen-bond acceptors (Lipinski definition) is 4. The van der Waals surface area contributed by atoms with Crippen molar-refractivity contribution in [3.63, 3.8) is 0 Å². The van der Waals surface area contributed by atoms with E-state index in [0.29, 0.717) is 11.4 Å². The van der Waals surface area contributed by atoms with Gasteiger partial charge < -0.3 is 10.4 Å². The van der Waals surface area contributed by atoms with E-state index in [4.69, 9.17) is 0 Å². The molecule has 2 heterocycles.